The van der Waals surface area contributed by atoms with Crippen LogP contribution in [0.3, 0.4) is 0 Å². The smallest absolute Gasteiger partial charge is 0.175 e. The standard InChI is InChI=1S/C21H23ClN6S2/c1-13(2)24-5-3-6-28-20-18(19(23)25-12-26-20)27-21(28)30-17-9-15(8-16(22)10-17)14-4-7-29-11-14/h4,7-13,24H,3,5-6H2,1-2H3,(H2,23,25,26). The molecule has 0 saturated heterocycles. The lowest BCUT2D eigenvalue weighted by Crippen LogP contribution is -2.24. The highest BCUT2D eigenvalue weighted by Crippen LogP contribution is 2.35. The monoisotopic (exact) mass is 458 g/mol. The molecule has 0 fully saturated rings. The van der Waals surface area contributed by atoms with Crippen LogP contribution in [0.5, 0.6) is 0 Å². The number of hydrogen-bond donors (Lipinski definition) is 2. The predicted molar refractivity (Wildman–Crippen MR) is 126 cm³/mol. The van der Waals surface area contributed by atoms with Gasteiger partial charge >= 0.3 is 0 Å². The molecule has 0 atom stereocenters. The van der Waals surface area contributed by atoms with Crippen LogP contribution in [-0.2, 0) is 6.54 Å². The Morgan fingerprint density at radius 2 is 2.10 bits per heavy atom. The highest BCUT2D eigenvalue weighted by atomic mass is 35.5. The van der Waals surface area contributed by atoms with E-state index >= 15 is 0 Å². The average Bonchev–Trinajstić information content (AvgIpc) is 3.34. The van der Waals surface area contributed by atoms with Gasteiger partial charge in [0.2, 0.25) is 0 Å². The lowest BCUT2D eigenvalue weighted by molar-refractivity contribution is 0.525. The summed E-state index contributed by atoms with van der Waals surface area (Å²) in [6.07, 6.45) is 2.45. The maximum absolute atomic E-state index is 6.42. The summed E-state index contributed by atoms with van der Waals surface area (Å²) < 4.78 is 2.12. The second-order valence-electron chi connectivity index (χ2n) is 7.23. The number of imidazole rings is 1. The quantitative estimate of drug-likeness (QED) is 0.347. The van der Waals surface area contributed by atoms with E-state index in [-0.39, 0.29) is 0 Å². The molecule has 0 amide bonds. The predicted octanol–water partition coefficient (Wildman–Crippen LogP) is 5.33. The molecule has 4 rings (SSSR count). The van der Waals surface area contributed by atoms with E-state index in [1.807, 2.05) is 12.1 Å². The van der Waals surface area contributed by atoms with E-state index in [1.165, 1.54) is 6.33 Å². The average molecular weight is 459 g/mol. The van der Waals surface area contributed by atoms with E-state index in [0.29, 0.717) is 22.4 Å². The van der Waals surface area contributed by atoms with Crippen molar-refractivity contribution in [2.24, 2.45) is 0 Å². The fraction of sp³-hybridized carbons (Fsp3) is 0.286. The van der Waals surface area contributed by atoms with E-state index in [9.17, 15) is 0 Å². The molecular formula is C21H23ClN6S2. The molecule has 0 aliphatic carbocycles. The van der Waals surface area contributed by atoms with Crippen molar-refractivity contribution in [3.8, 4) is 11.1 Å². The molecule has 156 valence electrons. The molecule has 0 spiro atoms. The highest BCUT2D eigenvalue weighted by Gasteiger charge is 2.16. The minimum Gasteiger partial charge on any atom is -0.382 e. The summed E-state index contributed by atoms with van der Waals surface area (Å²) in [6, 6.07) is 8.63. The number of hydrogen-bond acceptors (Lipinski definition) is 7. The molecule has 1 aromatic carbocycles. The number of benzene rings is 1. The van der Waals surface area contributed by atoms with Gasteiger partial charge in [-0.15, -0.1) is 0 Å². The maximum atomic E-state index is 6.42. The summed E-state index contributed by atoms with van der Waals surface area (Å²) in [7, 11) is 0. The Morgan fingerprint density at radius 3 is 2.87 bits per heavy atom. The first kappa shape index (κ1) is 21.1. The topological polar surface area (TPSA) is 81.7 Å². The number of fused-ring (bicyclic) bond motifs is 1. The van der Waals surface area contributed by atoms with E-state index in [1.54, 1.807) is 23.1 Å². The minimum atomic E-state index is 0.394. The normalized spacial score (nSPS) is 11.6. The molecule has 3 N–H and O–H groups in total. The fourth-order valence-corrected chi connectivity index (χ4v) is 5.14. The van der Waals surface area contributed by atoms with Crippen molar-refractivity contribution in [1.29, 1.82) is 0 Å². The highest BCUT2D eigenvalue weighted by molar-refractivity contribution is 7.99. The first-order valence-electron chi connectivity index (χ1n) is 9.72. The summed E-state index contributed by atoms with van der Waals surface area (Å²) in [5, 5.41) is 9.17. The third-order valence-electron chi connectivity index (χ3n) is 4.57. The van der Waals surface area contributed by atoms with Crippen LogP contribution in [0.4, 0.5) is 5.82 Å². The van der Waals surface area contributed by atoms with Crippen molar-refractivity contribution in [2.45, 2.75) is 42.9 Å². The Labute approximate surface area is 188 Å². The number of nitrogens with two attached hydrogens (primary N) is 1. The van der Waals surface area contributed by atoms with E-state index in [4.69, 9.17) is 22.3 Å². The molecule has 0 unspecified atom stereocenters. The SMILES string of the molecule is CC(C)NCCCn1c(Sc2cc(Cl)cc(-c3ccsc3)c2)nc2c(N)ncnc21. The number of aromatic nitrogens is 4. The molecule has 0 bridgehead atoms. The van der Waals surface area contributed by atoms with Gasteiger partial charge in [-0.1, -0.05) is 37.2 Å². The molecule has 30 heavy (non-hydrogen) atoms. The van der Waals surface area contributed by atoms with Crippen molar-refractivity contribution >= 4 is 51.7 Å². The number of anilines is 1. The molecule has 0 radical (unpaired) electrons. The first-order chi connectivity index (χ1) is 14.5. The van der Waals surface area contributed by atoms with Gasteiger partial charge in [0.05, 0.1) is 0 Å². The summed E-state index contributed by atoms with van der Waals surface area (Å²) in [6.45, 7) is 5.99. The van der Waals surface area contributed by atoms with Crippen LogP contribution in [0.2, 0.25) is 5.02 Å². The summed E-state index contributed by atoms with van der Waals surface area (Å²) in [4.78, 5) is 14.3. The van der Waals surface area contributed by atoms with Gasteiger partial charge in [0.25, 0.3) is 0 Å². The number of halogens is 1. The Morgan fingerprint density at radius 1 is 1.23 bits per heavy atom. The second kappa shape index (κ2) is 9.34. The van der Waals surface area contributed by atoms with Gasteiger partial charge in [-0.05, 0) is 59.1 Å². The van der Waals surface area contributed by atoms with E-state index in [2.05, 4.69) is 56.6 Å². The molecule has 0 aliphatic rings. The van der Waals surface area contributed by atoms with Crippen LogP contribution in [0, 0.1) is 0 Å². The first-order valence-corrected chi connectivity index (χ1v) is 11.9. The van der Waals surface area contributed by atoms with Crippen molar-refractivity contribution in [3.63, 3.8) is 0 Å². The number of nitrogens with one attached hydrogen (secondary N) is 1. The maximum Gasteiger partial charge on any atom is 0.175 e. The zero-order chi connectivity index (χ0) is 21.1. The molecule has 6 nitrogen and oxygen atoms in total. The second-order valence-corrected chi connectivity index (χ2v) is 9.49. The molecular weight excluding hydrogens is 436 g/mol. The number of aryl methyl sites for hydroxylation is 1. The van der Waals surface area contributed by atoms with Gasteiger partial charge < -0.3 is 15.6 Å². The van der Waals surface area contributed by atoms with Gasteiger partial charge in [0, 0.05) is 22.5 Å². The molecule has 0 saturated carbocycles. The lowest BCUT2D eigenvalue weighted by atomic mass is 10.1. The minimum absolute atomic E-state index is 0.394. The lowest BCUT2D eigenvalue weighted by Gasteiger charge is -2.11. The third-order valence-corrected chi connectivity index (χ3v) is 6.44. The summed E-state index contributed by atoms with van der Waals surface area (Å²) in [5.41, 5.74) is 9.72. The van der Waals surface area contributed by atoms with E-state index < -0.39 is 0 Å². The summed E-state index contributed by atoms with van der Waals surface area (Å²) >= 11 is 9.66. The van der Waals surface area contributed by atoms with Gasteiger partial charge in [0.1, 0.15) is 6.33 Å². The zero-order valence-corrected chi connectivity index (χ0v) is 19.2. The number of rotatable bonds is 8. The van der Waals surface area contributed by atoms with Crippen molar-refractivity contribution in [3.05, 3.63) is 46.4 Å². The van der Waals surface area contributed by atoms with Crippen molar-refractivity contribution in [2.75, 3.05) is 12.3 Å². The third kappa shape index (κ3) is 4.78. The molecule has 9 heteroatoms. The van der Waals surface area contributed by atoms with Crippen LogP contribution in [0.15, 0.2) is 51.4 Å². The Kier molecular flexibility index (Phi) is 6.58. The molecule has 3 aromatic heterocycles. The largest absolute Gasteiger partial charge is 0.382 e. The number of thiophene rings is 1. The van der Waals surface area contributed by atoms with Gasteiger partial charge in [-0.2, -0.15) is 11.3 Å². The van der Waals surface area contributed by atoms with Gasteiger partial charge in [0.15, 0.2) is 22.1 Å². The van der Waals surface area contributed by atoms with Crippen molar-refractivity contribution < 1.29 is 0 Å². The number of nitrogen functional groups attached to an aromatic ring is 1. The Hall–Kier alpha value is -2.13. The van der Waals surface area contributed by atoms with Gasteiger partial charge in [-0.25, -0.2) is 15.0 Å². The van der Waals surface area contributed by atoms with Crippen LogP contribution < -0.4 is 11.1 Å². The molecule has 4 aromatic rings. The molecule has 0 aliphatic heterocycles. The van der Waals surface area contributed by atoms with Crippen LogP contribution in [-0.4, -0.2) is 32.1 Å². The van der Waals surface area contributed by atoms with Crippen LogP contribution in [0.1, 0.15) is 20.3 Å². The Bertz CT molecular complexity index is 1140. The Balaban J connectivity index is 1.66. The number of nitrogens with zero attached hydrogens (tertiary/aromatic N) is 4. The van der Waals surface area contributed by atoms with Crippen LogP contribution in [0.25, 0.3) is 22.3 Å². The van der Waals surface area contributed by atoms with Crippen molar-refractivity contribution in [1.82, 2.24) is 24.8 Å². The molecule has 3 heterocycles. The fourth-order valence-electron chi connectivity index (χ4n) is 3.16. The zero-order valence-electron chi connectivity index (χ0n) is 16.8. The van der Waals surface area contributed by atoms with Gasteiger partial charge in [-0.3, -0.25) is 0 Å². The van der Waals surface area contributed by atoms with E-state index in [0.717, 1.165) is 46.3 Å². The van der Waals surface area contributed by atoms with Crippen LogP contribution >= 0.6 is 34.7 Å². The summed E-state index contributed by atoms with van der Waals surface area (Å²) in [5.74, 6) is 0.394.